The first-order chi connectivity index (χ1) is 12.3. The largest absolute Gasteiger partial charge is 0.350 e. The monoisotopic (exact) mass is 376 g/mol. The fraction of sp³-hybridized carbons (Fsp3) is 0.500. The normalized spacial score (nSPS) is 20.3. The predicted molar refractivity (Wildman–Crippen MR) is 102 cm³/mol. The maximum atomic E-state index is 13.0. The number of carbonyl (C=O) groups is 3. The molecule has 0 bridgehead atoms. The highest BCUT2D eigenvalue weighted by Gasteiger charge is 2.36. The van der Waals surface area contributed by atoms with Crippen LogP contribution in [0.25, 0.3) is 0 Å². The SMILES string of the molecule is CC(C)(C)NC(=O)C1CSCN1C(=O)c1cccc(N2CCNC2=O)c1. The van der Waals surface area contributed by atoms with Crippen LogP contribution in [0.3, 0.4) is 0 Å². The van der Waals surface area contributed by atoms with Crippen LogP contribution in [0.2, 0.25) is 0 Å². The lowest BCUT2D eigenvalue weighted by Gasteiger charge is -2.28. The van der Waals surface area contributed by atoms with Crippen LogP contribution in [0.5, 0.6) is 0 Å². The summed E-state index contributed by atoms with van der Waals surface area (Å²) < 4.78 is 0. The number of nitrogens with one attached hydrogen (secondary N) is 2. The topological polar surface area (TPSA) is 81.8 Å². The molecule has 2 aliphatic heterocycles. The number of benzene rings is 1. The second kappa shape index (κ2) is 7.19. The number of urea groups is 1. The maximum Gasteiger partial charge on any atom is 0.321 e. The standard InChI is InChI=1S/C18H24N4O3S/c1-18(2,3)20-15(23)14-10-26-11-22(14)16(24)12-5-4-6-13(9-12)21-8-7-19-17(21)25/h4-6,9,14H,7-8,10-11H2,1-3H3,(H,19,25)(H,20,23). The third-order valence-electron chi connectivity index (χ3n) is 4.21. The van der Waals surface area contributed by atoms with E-state index in [1.54, 1.807) is 39.8 Å². The quantitative estimate of drug-likeness (QED) is 0.840. The lowest BCUT2D eigenvalue weighted by molar-refractivity contribution is -0.125. The first-order valence-electron chi connectivity index (χ1n) is 8.62. The summed E-state index contributed by atoms with van der Waals surface area (Å²) in [5.41, 5.74) is 0.828. The summed E-state index contributed by atoms with van der Waals surface area (Å²) in [7, 11) is 0. The van der Waals surface area contributed by atoms with Crippen LogP contribution in [-0.2, 0) is 4.79 Å². The molecule has 2 heterocycles. The number of carbonyl (C=O) groups excluding carboxylic acids is 3. The van der Waals surface area contributed by atoms with Crippen LogP contribution in [0, 0.1) is 0 Å². The third kappa shape index (κ3) is 3.95. The van der Waals surface area contributed by atoms with Crippen LogP contribution in [0.1, 0.15) is 31.1 Å². The van der Waals surface area contributed by atoms with Gasteiger partial charge in [-0.15, -0.1) is 11.8 Å². The Morgan fingerprint density at radius 1 is 1.31 bits per heavy atom. The van der Waals surface area contributed by atoms with E-state index in [1.807, 2.05) is 26.8 Å². The van der Waals surface area contributed by atoms with Gasteiger partial charge in [-0.3, -0.25) is 14.5 Å². The molecule has 1 unspecified atom stereocenters. The number of hydrogen-bond donors (Lipinski definition) is 2. The van der Waals surface area contributed by atoms with E-state index in [-0.39, 0.29) is 23.4 Å². The van der Waals surface area contributed by atoms with Gasteiger partial charge in [-0.25, -0.2) is 4.79 Å². The molecule has 26 heavy (non-hydrogen) atoms. The van der Waals surface area contributed by atoms with Crippen LogP contribution in [0.15, 0.2) is 24.3 Å². The molecule has 0 saturated carbocycles. The Kier molecular flexibility index (Phi) is 5.13. The van der Waals surface area contributed by atoms with E-state index < -0.39 is 6.04 Å². The molecule has 3 rings (SSSR count). The second-order valence-corrected chi connectivity index (χ2v) is 8.46. The van der Waals surface area contributed by atoms with Gasteiger partial charge in [-0.2, -0.15) is 0 Å². The van der Waals surface area contributed by atoms with Crippen molar-refractivity contribution in [1.82, 2.24) is 15.5 Å². The van der Waals surface area contributed by atoms with Gasteiger partial charge in [0.1, 0.15) is 6.04 Å². The zero-order chi connectivity index (χ0) is 18.9. The molecule has 2 aliphatic rings. The van der Waals surface area contributed by atoms with Gasteiger partial charge in [0.15, 0.2) is 0 Å². The summed E-state index contributed by atoms with van der Waals surface area (Å²) in [5, 5.41) is 5.70. The molecule has 1 aromatic rings. The van der Waals surface area contributed by atoms with E-state index in [2.05, 4.69) is 10.6 Å². The molecule has 0 spiro atoms. The minimum Gasteiger partial charge on any atom is -0.350 e. The molecule has 1 aromatic carbocycles. The van der Waals surface area contributed by atoms with Crippen LogP contribution < -0.4 is 15.5 Å². The van der Waals surface area contributed by atoms with Gasteiger partial charge in [0, 0.05) is 35.6 Å². The van der Waals surface area contributed by atoms with E-state index in [0.717, 1.165) is 0 Å². The summed E-state index contributed by atoms with van der Waals surface area (Å²) in [5.74, 6) is 0.744. The zero-order valence-corrected chi connectivity index (χ0v) is 16.1. The average Bonchev–Trinajstić information content (AvgIpc) is 3.21. The molecular weight excluding hydrogens is 352 g/mol. The fourth-order valence-corrected chi connectivity index (χ4v) is 4.16. The minimum absolute atomic E-state index is 0.133. The summed E-state index contributed by atoms with van der Waals surface area (Å²) >= 11 is 1.57. The maximum absolute atomic E-state index is 13.0. The lowest BCUT2D eigenvalue weighted by atomic mass is 10.1. The van der Waals surface area contributed by atoms with Crippen molar-refractivity contribution in [1.29, 1.82) is 0 Å². The Morgan fingerprint density at radius 3 is 2.73 bits per heavy atom. The molecule has 1 atom stereocenters. The van der Waals surface area contributed by atoms with Crippen LogP contribution in [-0.4, -0.2) is 59.0 Å². The van der Waals surface area contributed by atoms with Gasteiger partial charge >= 0.3 is 6.03 Å². The number of nitrogens with zero attached hydrogens (tertiary/aromatic N) is 2. The summed E-state index contributed by atoms with van der Waals surface area (Å²) in [6.07, 6.45) is 0. The number of rotatable bonds is 3. The van der Waals surface area contributed by atoms with Crippen molar-refractivity contribution in [2.75, 3.05) is 29.6 Å². The Bertz CT molecular complexity index is 731. The Hall–Kier alpha value is -2.22. The second-order valence-electron chi connectivity index (χ2n) is 7.46. The smallest absolute Gasteiger partial charge is 0.321 e. The molecule has 2 fully saturated rings. The van der Waals surface area contributed by atoms with Crippen molar-refractivity contribution >= 4 is 35.3 Å². The van der Waals surface area contributed by atoms with Crippen LogP contribution in [0.4, 0.5) is 10.5 Å². The lowest BCUT2D eigenvalue weighted by Crippen LogP contribution is -2.52. The highest BCUT2D eigenvalue weighted by molar-refractivity contribution is 7.99. The average molecular weight is 376 g/mol. The summed E-state index contributed by atoms with van der Waals surface area (Å²) in [4.78, 5) is 40.6. The van der Waals surface area contributed by atoms with Crippen molar-refractivity contribution in [2.24, 2.45) is 0 Å². The highest BCUT2D eigenvalue weighted by atomic mass is 32.2. The molecule has 7 nitrogen and oxygen atoms in total. The minimum atomic E-state index is -0.481. The van der Waals surface area contributed by atoms with Gasteiger partial charge in [-0.05, 0) is 39.0 Å². The molecular formula is C18H24N4O3S. The third-order valence-corrected chi connectivity index (χ3v) is 5.22. The molecule has 2 saturated heterocycles. The van der Waals surface area contributed by atoms with Crippen molar-refractivity contribution in [3.8, 4) is 0 Å². The van der Waals surface area contributed by atoms with Gasteiger partial charge in [0.2, 0.25) is 5.91 Å². The number of amides is 4. The van der Waals surface area contributed by atoms with Crippen molar-refractivity contribution < 1.29 is 14.4 Å². The molecule has 0 aliphatic carbocycles. The number of hydrogen-bond acceptors (Lipinski definition) is 4. The molecule has 140 valence electrons. The van der Waals surface area contributed by atoms with Gasteiger partial charge in [0.05, 0.1) is 5.88 Å². The molecule has 8 heteroatoms. The van der Waals surface area contributed by atoms with E-state index in [1.165, 1.54) is 0 Å². The van der Waals surface area contributed by atoms with Gasteiger partial charge < -0.3 is 15.5 Å². The molecule has 0 radical (unpaired) electrons. The van der Waals surface area contributed by atoms with Crippen molar-refractivity contribution in [2.45, 2.75) is 32.4 Å². The van der Waals surface area contributed by atoms with Gasteiger partial charge in [0.25, 0.3) is 5.91 Å². The Morgan fingerprint density at radius 2 is 2.08 bits per heavy atom. The molecule has 4 amide bonds. The number of thioether (sulfide) groups is 1. The van der Waals surface area contributed by atoms with E-state index in [9.17, 15) is 14.4 Å². The van der Waals surface area contributed by atoms with Gasteiger partial charge in [-0.1, -0.05) is 6.07 Å². The first kappa shape index (κ1) is 18.6. The predicted octanol–water partition coefficient (Wildman–Crippen LogP) is 1.65. The van der Waals surface area contributed by atoms with E-state index >= 15 is 0 Å². The highest BCUT2D eigenvalue weighted by Crippen LogP contribution is 2.26. The zero-order valence-electron chi connectivity index (χ0n) is 15.2. The Balaban J connectivity index is 1.78. The van der Waals surface area contributed by atoms with Crippen molar-refractivity contribution in [3.63, 3.8) is 0 Å². The van der Waals surface area contributed by atoms with E-state index in [4.69, 9.17) is 0 Å². The van der Waals surface area contributed by atoms with Crippen LogP contribution >= 0.6 is 11.8 Å². The number of anilines is 1. The van der Waals surface area contributed by atoms with Crippen molar-refractivity contribution in [3.05, 3.63) is 29.8 Å². The summed E-state index contributed by atoms with van der Waals surface area (Å²) in [6, 6.07) is 6.38. The van der Waals surface area contributed by atoms with E-state index in [0.29, 0.717) is 36.0 Å². The molecule has 2 N–H and O–H groups in total. The first-order valence-corrected chi connectivity index (χ1v) is 9.78. The fourth-order valence-electron chi connectivity index (χ4n) is 3.00. The summed E-state index contributed by atoms with van der Waals surface area (Å²) in [6.45, 7) is 6.93. The molecule has 0 aromatic heterocycles. The Labute approximate surface area is 157 Å².